The summed E-state index contributed by atoms with van der Waals surface area (Å²) in [6, 6.07) is 5.02. The van der Waals surface area contributed by atoms with Crippen LogP contribution in [0.2, 0.25) is 0 Å². The number of fused-ring (bicyclic) bond motifs is 3. The Morgan fingerprint density at radius 2 is 2.24 bits per heavy atom. The van der Waals surface area contributed by atoms with Crippen LogP contribution in [-0.2, 0) is 13.6 Å². The molecule has 0 bridgehead atoms. The van der Waals surface area contributed by atoms with Crippen LogP contribution < -0.4 is 5.32 Å². The monoisotopic (exact) mass is 232 g/mol. The zero-order valence-corrected chi connectivity index (χ0v) is 9.74. The second kappa shape index (κ2) is 3.56. The first kappa shape index (κ1) is 10.3. The lowest BCUT2D eigenvalue weighted by Crippen LogP contribution is -2.08. The molecule has 88 valence electrons. The van der Waals surface area contributed by atoms with E-state index in [9.17, 15) is 4.39 Å². The Balaban J connectivity index is 2.37. The van der Waals surface area contributed by atoms with Crippen LogP contribution in [0.4, 0.5) is 4.39 Å². The smallest absolute Gasteiger partial charge is 0.215 e. The Morgan fingerprint density at radius 1 is 1.41 bits per heavy atom. The molecule has 2 heterocycles. The van der Waals surface area contributed by atoms with Crippen LogP contribution in [0.5, 0.6) is 0 Å². The molecule has 0 atom stereocenters. The number of para-hydroxylation sites is 1. The molecular formula is C12H13FN4. The van der Waals surface area contributed by atoms with Gasteiger partial charge in [0, 0.05) is 19.8 Å². The highest BCUT2D eigenvalue weighted by atomic mass is 19.1. The van der Waals surface area contributed by atoms with Crippen molar-refractivity contribution >= 4 is 16.8 Å². The second-order valence-corrected chi connectivity index (χ2v) is 4.10. The van der Waals surface area contributed by atoms with Gasteiger partial charge in [0.05, 0.1) is 11.2 Å². The van der Waals surface area contributed by atoms with E-state index in [2.05, 4.69) is 10.3 Å². The lowest BCUT2D eigenvalue weighted by atomic mass is 10.3. The van der Waals surface area contributed by atoms with Gasteiger partial charge < -0.3 is 9.88 Å². The average molecular weight is 232 g/mol. The molecule has 0 spiro atoms. The minimum atomic E-state index is -0.277. The van der Waals surface area contributed by atoms with Gasteiger partial charge in [0.15, 0.2) is 5.82 Å². The highest BCUT2D eigenvalue weighted by Crippen LogP contribution is 2.20. The molecule has 0 fully saturated rings. The summed E-state index contributed by atoms with van der Waals surface area (Å²) in [7, 11) is 3.83. The van der Waals surface area contributed by atoms with Crippen LogP contribution >= 0.6 is 0 Å². The van der Waals surface area contributed by atoms with Gasteiger partial charge in [0.2, 0.25) is 5.78 Å². The standard InChI is InChI=1S/C12H13FN4/c1-14-6-8-7-17-10-5-3-4-9(13)11(10)15-12(17)16(8)2/h3-5,7,14H,6H2,1-2H3. The molecular weight excluding hydrogens is 219 g/mol. The Hall–Kier alpha value is -1.88. The van der Waals surface area contributed by atoms with Crippen LogP contribution in [0.25, 0.3) is 16.8 Å². The summed E-state index contributed by atoms with van der Waals surface area (Å²) in [5.74, 6) is 0.483. The summed E-state index contributed by atoms with van der Waals surface area (Å²) in [5.41, 5.74) is 2.34. The fourth-order valence-corrected chi connectivity index (χ4v) is 2.14. The number of aryl methyl sites for hydroxylation is 1. The Kier molecular flexibility index (Phi) is 2.16. The molecule has 2 aromatic heterocycles. The van der Waals surface area contributed by atoms with E-state index in [1.54, 1.807) is 6.07 Å². The minimum Gasteiger partial charge on any atom is -0.316 e. The number of aromatic nitrogens is 3. The van der Waals surface area contributed by atoms with E-state index in [-0.39, 0.29) is 5.82 Å². The lowest BCUT2D eigenvalue weighted by molar-refractivity contribution is 0.637. The van der Waals surface area contributed by atoms with Crippen molar-refractivity contribution in [3.63, 3.8) is 0 Å². The van der Waals surface area contributed by atoms with Crippen molar-refractivity contribution in [2.45, 2.75) is 6.54 Å². The molecule has 0 radical (unpaired) electrons. The van der Waals surface area contributed by atoms with Gasteiger partial charge in [-0.25, -0.2) is 9.37 Å². The van der Waals surface area contributed by atoms with Crippen molar-refractivity contribution in [1.82, 2.24) is 19.3 Å². The predicted octanol–water partition coefficient (Wildman–Crippen LogP) is 1.68. The predicted molar refractivity (Wildman–Crippen MR) is 64.4 cm³/mol. The number of hydrogen-bond acceptors (Lipinski definition) is 2. The third-order valence-electron chi connectivity index (χ3n) is 3.02. The van der Waals surface area contributed by atoms with Crippen LogP contribution in [0, 0.1) is 5.82 Å². The molecule has 0 unspecified atom stereocenters. The van der Waals surface area contributed by atoms with Gasteiger partial charge >= 0.3 is 0 Å². The zero-order chi connectivity index (χ0) is 12.0. The van der Waals surface area contributed by atoms with Crippen molar-refractivity contribution in [1.29, 1.82) is 0 Å². The molecule has 1 N–H and O–H groups in total. The highest BCUT2D eigenvalue weighted by Gasteiger charge is 2.13. The fourth-order valence-electron chi connectivity index (χ4n) is 2.14. The number of nitrogens with one attached hydrogen (secondary N) is 1. The highest BCUT2D eigenvalue weighted by molar-refractivity contribution is 5.80. The normalized spacial score (nSPS) is 11.7. The first-order chi connectivity index (χ1) is 8.22. The molecule has 3 aromatic rings. The number of rotatable bonds is 2. The zero-order valence-electron chi connectivity index (χ0n) is 9.74. The summed E-state index contributed by atoms with van der Waals surface area (Å²) < 4.78 is 17.5. The molecule has 0 saturated heterocycles. The molecule has 0 saturated carbocycles. The number of imidazole rings is 2. The first-order valence-corrected chi connectivity index (χ1v) is 5.48. The third kappa shape index (κ3) is 1.36. The Bertz CT molecular complexity index is 695. The van der Waals surface area contributed by atoms with E-state index in [0.717, 1.165) is 23.5 Å². The largest absolute Gasteiger partial charge is 0.316 e. The number of hydrogen-bond donors (Lipinski definition) is 1. The van der Waals surface area contributed by atoms with E-state index in [0.29, 0.717) is 5.52 Å². The molecule has 1 aromatic carbocycles. The third-order valence-corrected chi connectivity index (χ3v) is 3.02. The maximum Gasteiger partial charge on any atom is 0.215 e. The molecule has 0 aliphatic carbocycles. The van der Waals surface area contributed by atoms with Crippen LogP contribution in [0.1, 0.15) is 5.69 Å². The summed E-state index contributed by atoms with van der Waals surface area (Å²) in [6.07, 6.45) is 1.99. The van der Waals surface area contributed by atoms with E-state index in [1.165, 1.54) is 6.07 Å². The quantitative estimate of drug-likeness (QED) is 0.729. The van der Waals surface area contributed by atoms with E-state index in [4.69, 9.17) is 0 Å². The van der Waals surface area contributed by atoms with Crippen LogP contribution in [0.15, 0.2) is 24.4 Å². The molecule has 3 rings (SSSR count). The maximum absolute atomic E-state index is 13.6. The SMILES string of the molecule is CNCc1cn2c3cccc(F)c3nc2n1C. The van der Waals surface area contributed by atoms with E-state index in [1.807, 2.05) is 35.3 Å². The Labute approximate surface area is 97.7 Å². The fraction of sp³-hybridized carbons (Fsp3) is 0.250. The van der Waals surface area contributed by atoms with Crippen molar-refractivity contribution in [2.75, 3.05) is 7.05 Å². The van der Waals surface area contributed by atoms with E-state index < -0.39 is 0 Å². The maximum atomic E-state index is 13.6. The van der Waals surface area contributed by atoms with Gasteiger partial charge in [-0.2, -0.15) is 0 Å². The second-order valence-electron chi connectivity index (χ2n) is 4.10. The first-order valence-electron chi connectivity index (χ1n) is 5.48. The van der Waals surface area contributed by atoms with Gasteiger partial charge in [-0.15, -0.1) is 0 Å². The van der Waals surface area contributed by atoms with Gasteiger partial charge in [0.25, 0.3) is 0 Å². The van der Waals surface area contributed by atoms with Gasteiger partial charge in [-0.05, 0) is 19.2 Å². The van der Waals surface area contributed by atoms with Crippen LogP contribution in [-0.4, -0.2) is 21.0 Å². The lowest BCUT2D eigenvalue weighted by Gasteiger charge is -1.99. The molecule has 5 heteroatoms. The summed E-state index contributed by atoms with van der Waals surface area (Å²) in [5, 5.41) is 3.10. The van der Waals surface area contributed by atoms with Gasteiger partial charge in [0.1, 0.15) is 5.52 Å². The van der Waals surface area contributed by atoms with Crippen molar-refractivity contribution < 1.29 is 4.39 Å². The topological polar surface area (TPSA) is 34.3 Å². The molecule has 17 heavy (non-hydrogen) atoms. The summed E-state index contributed by atoms with van der Waals surface area (Å²) in [4.78, 5) is 4.34. The molecule has 4 nitrogen and oxygen atoms in total. The molecule has 0 amide bonds. The molecule has 0 aliphatic rings. The number of benzene rings is 1. The summed E-state index contributed by atoms with van der Waals surface area (Å²) in [6.45, 7) is 0.761. The summed E-state index contributed by atoms with van der Waals surface area (Å²) >= 11 is 0. The van der Waals surface area contributed by atoms with Crippen LogP contribution in [0.3, 0.4) is 0 Å². The number of halogens is 1. The minimum absolute atomic E-state index is 0.277. The van der Waals surface area contributed by atoms with Gasteiger partial charge in [-0.1, -0.05) is 6.07 Å². The molecule has 0 aliphatic heterocycles. The van der Waals surface area contributed by atoms with Crippen molar-refractivity contribution in [3.05, 3.63) is 35.9 Å². The van der Waals surface area contributed by atoms with Gasteiger partial charge in [-0.3, -0.25) is 4.40 Å². The average Bonchev–Trinajstić information content (AvgIpc) is 2.81. The van der Waals surface area contributed by atoms with E-state index >= 15 is 0 Å². The van der Waals surface area contributed by atoms with Crippen molar-refractivity contribution in [3.8, 4) is 0 Å². The van der Waals surface area contributed by atoms with Crippen molar-refractivity contribution in [2.24, 2.45) is 7.05 Å². The Morgan fingerprint density at radius 3 is 3.00 bits per heavy atom. The number of nitrogens with zero attached hydrogens (tertiary/aromatic N) is 3.